The van der Waals surface area contributed by atoms with E-state index in [1.807, 2.05) is 29.2 Å². The van der Waals surface area contributed by atoms with Gasteiger partial charge in [-0.3, -0.25) is 4.90 Å². The van der Waals surface area contributed by atoms with E-state index in [0.29, 0.717) is 12.5 Å². The van der Waals surface area contributed by atoms with E-state index in [-0.39, 0.29) is 6.03 Å². The molecule has 3 fully saturated rings. The maximum absolute atomic E-state index is 12.5. The molecule has 0 aromatic heterocycles. The van der Waals surface area contributed by atoms with Gasteiger partial charge in [-0.1, -0.05) is 11.6 Å². The first-order chi connectivity index (χ1) is 13.7. The van der Waals surface area contributed by atoms with Gasteiger partial charge in [0.05, 0.1) is 0 Å². The third-order valence-electron chi connectivity index (χ3n) is 6.07. The third kappa shape index (κ3) is 5.52. The quantitative estimate of drug-likeness (QED) is 0.756. The number of carbonyl (C=O) groups is 1. The molecule has 2 heterocycles. The average Bonchev–Trinajstić information content (AvgIpc) is 3.46. The van der Waals surface area contributed by atoms with Crippen molar-refractivity contribution in [3.8, 4) is 5.75 Å². The number of likely N-dealkylation sites (tertiary alicyclic amines) is 1. The molecule has 7 heteroatoms. The first-order valence-electron chi connectivity index (χ1n) is 10.5. The van der Waals surface area contributed by atoms with Gasteiger partial charge in [0.1, 0.15) is 12.4 Å². The zero-order chi connectivity index (χ0) is 19.3. The highest BCUT2D eigenvalue weighted by atomic mass is 35.5. The van der Waals surface area contributed by atoms with E-state index in [1.165, 1.54) is 25.8 Å². The van der Waals surface area contributed by atoms with Crippen LogP contribution >= 0.6 is 11.6 Å². The number of urea groups is 1. The Balaban J connectivity index is 1.09. The lowest BCUT2D eigenvalue weighted by Gasteiger charge is -2.34. The normalized spacial score (nSPS) is 23.8. The van der Waals surface area contributed by atoms with Gasteiger partial charge in [-0.2, -0.15) is 0 Å². The fraction of sp³-hybridized carbons (Fsp3) is 0.667. The Kier molecular flexibility index (Phi) is 6.60. The van der Waals surface area contributed by atoms with Crippen molar-refractivity contribution in [2.24, 2.45) is 5.92 Å². The summed E-state index contributed by atoms with van der Waals surface area (Å²) in [6.07, 6.45) is 3.96. The Hall–Kier alpha value is -1.50. The topological polar surface area (TPSA) is 48.1 Å². The molecule has 4 rings (SSSR count). The number of benzene rings is 1. The molecule has 1 aromatic rings. The number of hydrogen-bond acceptors (Lipinski definition) is 4. The summed E-state index contributed by atoms with van der Waals surface area (Å²) < 4.78 is 5.77. The summed E-state index contributed by atoms with van der Waals surface area (Å²) in [6.45, 7) is 8.07. The predicted octanol–water partition coefficient (Wildman–Crippen LogP) is 2.53. The van der Waals surface area contributed by atoms with Crippen LogP contribution in [0.3, 0.4) is 0 Å². The molecule has 0 spiro atoms. The highest BCUT2D eigenvalue weighted by Crippen LogP contribution is 2.31. The average molecular weight is 407 g/mol. The van der Waals surface area contributed by atoms with Crippen LogP contribution < -0.4 is 10.1 Å². The van der Waals surface area contributed by atoms with Crippen LogP contribution in [0.15, 0.2) is 24.3 Å². The van der Waals surface area contributed by atoms with Crippen molar-refractivity contribution in [2.75, 3.05) is 59.0 Å². The van der Waals surface area contributed by atoms with Gasteiger partial charge < -0.3 is 19.9 Å². The number of nitrogens with one attached hydrogen (secondary N) is 1. The molecule has 1 aliphatic carbocycles. The zero-order valence-corrected chi connectivity index (χ0v) is 17.2. The zero-order valence-electron chi connectivity index (χ0n) is 16.5. The second-order valence-electron chi connectivity index (χ2n) is 8.20. The molecular weight excluding hydrogens is 376 g/mol. The number of amides is 2. The van der Waals surface area contributed by atoms with Crippen LogP contribution in [0, 0.1) is 5.92 Å². The van der Waals surface area contributed by atoms with Gasteiger partial charge in [0.15, 0.2) is 0 Å². The Bertz CT molecular complexity index is 644. The summed E-state index contributed by atoms with van der Waals surface area (Å²) in [5, 5.41) is 3.88. The lowest BCUT2D eigenvalue weighted by atomic mass is 10.1. The largest absolute Gasteiger partial charge is 0.492 e. The minimum absolute atomic E-state index is 0.0990. The van der Waals surface area contributed by atoms with Gasteiger partial charge in [0.2, 0.25) is 0 Å². The van der Waals surface area contributed by atoms with Gasteiger partial charge in [-0.15, -0.1) is 0 Å². The Morgan fingerprint density at radius 2 is 1.82 bits per heavy atom. The van der Waals surface area contributed by atoms with Gasteiger partial charge in [-0.25, -0.2) is 4.79 Å². The van der Waals surface area contributed by atoms with E-state index in [0.717, 1.165) is 62.6 Å². The lowest BCUT2D eigenvalue weighted by molar-refractivity contribution is 0.125. The van der Waals surface area contributed by atoms with Gasteiger partial charge in [0.25, 0.3) is 0 Å². The number of piperazine rings is 1. The van der Waals surface area contributed by atoms with Crippen LogP contribution in [0.25, 0.3) is 0 Å². The molecule has 28 heavy (non-hydrogen) atoms. The number of hydrogen-bond donors (Lipinski definition) is 1. The number of halogens is 1. The molecule has 1 saturated carbocycles. The summed E-state index contributed by atoms with van der Waals surface area (Å²) >= 11 is 5.88. The van der Waals surface area contributed by atoms with Crippen LogP contribution in [0.4, 0.5) is 4.79 Å². The highest BCUT2D eigenvalue weighted by molar-refractivity contribution is 6.30. The summed E-state index contributed by atoms with van der Waals surface area (Å²) in [6, 6.07) is 8.39. The molecule has 3 aliphatic rings. The third-order valence-corrected chi connectivity index (χ3v) is 6.32. The maximum atomic E-state index is 12.5. The van der Waals surface area contributed by atoms with E-state index >= 15 is 0 Å². The molecular formula is C21H31ClN4O2. The Labute approximate surface area is 172 Å². The fourth-order valence-electron chi connectivity index (χ4n) is 4.14. The minimum atomic E-state index is 0.0990. The van der Waals surface area contributed by atoms with Crippen molar-refractivity contribution in [3.05, 3.63) is 29.3 Å². The predicted molar refractivity (Wildman–Crippen MR) is 111 cm³/mol. The molecule has 1 aromatic carbocycles. The van der Waals surface area contributed by atoms with E-state index in [1.54, 1.807) is 0 Å². The van der Waals surface area contributed by atoms with Crippen molar-refractivity contribution >= 4 is 17.6 Å². The molecule has 2 saturated heterocycles. The van der Waals surface area contributed by atoms with Crippen molar-refractivity contribution in [1.82, 2.24) is 20.0 Å². The second kappa shape index (κ2) is 9.33. The van der Waals surface area contributed by atoms with Crippen molar-refractivity contribution in [2.45, 2.75) is 25.3 Å². The van der Waals surface area contributed by atoms with Crippen molar-refractivity contribution < 1.29 is 9.53 Å². The lowest BCUT2D eigenvalue weighted by Crippen LogP contribution is -2.52. The number of ether oxygens (including phenoxy) is 1. The second-order valence-corrected chi connectivity index (χ2v) is 8.63. The highest BCUT2D eigenvalue weighted by Gasteiger charge is 2.34. The molecule has 2 amide bonds. The number of nitrogens with zero attached hydrogens (tertiary/aromatic N) is 3. The number of rotatable bonds is 7. The molecule has 1 atom stereocenters. The smallest absolute Gasteiger partial charge is 0.317 e. The first kappa shape index (κ1) is 19.8. The molecule has 1 unspecified atom stereocenters. The standard InChI is InChI=1S/C21H31ClN4O2/c22-18-1-5-20(6-2-18)28-14-13-24-9-11-25(12-10-24)21(27)23-15-17-7-8-26(16-17)19-3-4-19/h1-2,5-6,17,19H,3-4,7-16H2,(H,23,27). The summed E-state index contributed by atoms with van der Waals surface area (Å²) in [4.78, 5) is 19.4. The Morgan fingerprint density at radius 3 is 2.54 bits per heavy atom. The SMILES string of the molecule is O=C(NCC1CCN(C2CC2)C1)N1CCN(CCOc2ccc(Cl)cc2)CC1. The summed E-state index contributed by atoms with van der Waals surface area (Å²) in [5.41, 5.74) is 0. The molecule has 2 aliphatic heterocycles. The van der Waals surface area contributed by atoms with Crippen LogP contribution in [-0.4, -0.2) is 85.7 Å². The van der Waals surface area contributed by atoms with E-state index in [4.69, 9.17) is 16.3 Å². The monoisotopic (exact) mass is 406 g/mol. The molecule has 154 valence electrons. The van der Waals surface area contributed by atoms with Gasteiger partial charge in [-0.05, 0) is 56.0 Å². The van der Waals surface area contributed by atoms with E-state index in [9.17, 15) is 4.79 Å². The summed E-state index contributed by atoms with van der Waals surface area (Å²) in [5.74, 6) is 1.46. The maximum Gasteiger partial charge on any atom is 0.317 e. The van der Waals surface area contributed by atoms with Crippen molar-refractivity contribution in [3.63, 3.8) is 0 Å². The summed E-state index contributed by atoms with van der Waals surface area (Å²) in [7, 11) is 0. The van der Waals surface area contributed by atoms with Crippen LogP contribution in [0.2, 0.25) is 5.02 Å². The Morgan fingerprint density at radius 1 is 1.07 bits per heavy atom. The van der Waals surface area contributed by atoms with E-state index in [2.05, 4.69) is 15.1 Å². The first-order valence-corrected chi connectivity index (χ1v) is 10.9. The molecule has 1 N–H and O–H groups in total. The molecule has 6 nitrogen and oxygen atoms in total. The van der Waals surface area contributed by atoms with Crippen LogP contribution in [0.1, 0.15) is 19.3 Å². The van der Waals surface area contributed by atoms with E-state index < -0.39 is 0 Å². The molecule has 0 radical (unpaired) electrons. The van der Waals surface area contributed by atoms with Gasteiger partial charge in [0, 0.05) is 56.9 Å². The van der Waals surface area contributed by atoms with Crippen molar-refractivity contribution in [1.29, 1.82) is 0 Å². The molecule has 0 bridgehead atoms. The van der Waals surface area contributed by atoms with Crippen LogP contribution in [0.5, 0.6) is 5.75 Å². The van der Waals surface area contributed by atoms with Crippen LogP contribution in [-0.2, 0) is 0 Å². The number of carbonyl (C=O) groups excluding carboxylic acids is 1. The minimum Gasteiger partial charge on any atom is -0.492 e. The fourth-order valence-corrected chi connectivity index (χ4v) is 4.27. The van der Waals surface area contributed by atoms with Gasteiger partial charge >= 0.3 is 6.03 Å².